The van der Waals surface area contributed by atoms with E-state index in [1.165, 1.54) is 20.1 Å². The van der Waals surface area contributed by atoms with Crippen molar-refractivity contribution in [2.75, 3.05) is 19.5 Å². The van der Waals surface area contributed by atoms with Crippen LogP contribution >= 0.6 is 0 Å². The summed E-state index contributed by atoms with van der Waals surface area (Å²) in [4.78, 5) is 25.7. The number of ether oxygens (including phenoxy) is 1. The van der Waals surface area contributed by atoms with Gasteiger partial charge in [-0.25, -0.2) is 4.39 Å². The van der Waals surface area contributed by atoms with Crippen molar-refractivity contribution in [3.05, 3.63) is 59.4 Å². The maximum atomic E-state index is 13.8. The Labute approximate surface area is 152 Å². The number of Topliss-reactive ketones (excluding diaryl/α,β-unsaturated/α-hetero) is 1. The molecule has 138 valence electrons. The Bertz CT molecular complexity index is 807. The van der Waals surface area contributed by atoms with Crippen LogP contribution in [0.15, 0.2) is 42.5 Å². The van der Waals surface area contributed by atoms with Gasteiger partial charge in [-0.1, -0.05) is 18.2 Å². The molecule has 6 heteroatoms. The fourth-order valence-corrected chi connectivity index (χ4v) is 2.50. The van der Waals surface area contributed by atoms with E-state index in [0.29, 0.717) is 17.8 Å². The van der Waals surface area contributed by atoms with E-state index in [1.807, 2.05) is 4.90 Å². The lowest BCUT2D eigenvalue weighted by Crippen LogP contribution is -2.39. The summed E-state index contributed by atoms with van der Waals surface area (Å²) in [6.07, 6.45) is 0. The van der Waals surface area contributed by atoms with E-state index in [4.69, 9.17) is 4.74 Å². The molecular formula is C20H23FN2O3. The van der Waals surface area contributed by atoms with Gasteiger partial charge >= 0.3 is 0 Å². The summed E-state index contributed by atoms with van der Waals surface area (Å²) < 4.78 is 18.7. The Balaban J connectivity index is 2.02. The topological polar surface area (TPSA) is 58.6 Å². The third-order valence-electron chi connectivity index (χ3n) is 4.23. The molecule has 0 unspecified atom stereocenters. The molecule has 0 radical (unpaired) electrons. The predicted octanol–water partition coefficient (Wildman–Crippen LogP) is 3.50. The third-order valence-corrected chi connectivity index (χ3v) is 4.23. The molecular weight excluding hydrogens is 335 g/mol. The van der Waals surface area contributed by atoms with E-state index in [2.05, 4.69) is 5.32 Å². The molecule has 0 aliphatic rings. The molecule has 2 aromatic carbocycles. The minimum Gasteiger partial charge on any atom is -0.494 e. The first-order valence-corrected chi connectivity index (χ1v) is 8.26. The normalized spacial score (nSPS) is 11.9. The standard InChI is InChI=1S/C20H23FN2O3/c1-13(20(25)22-17-7-5-6-16(11-17)14(2)24)23(3)12-15-8-9-19(26-4)18(21)10-15/h5-11,13H,12H2,1-4H3,(H,22,25)/t13-/m0/s1. The van der Waals surface area contributed by atoms with Gasteiger partial charge in [0.2, 0.25) is 5.91 Å². The summed E-state index contributed by atoms with van der Waals surface area (Å²) in [7, 11) is 3.20. The van der Waals surface area contributed by atoms with Crippen LogP contribution < -0.4 is 10.1 Å². The molecule has 5 nitrogen and oxygen atoms in total. The molecule has 0 heterocycles. The number of ketones is 1. The summed E-state index contributed by atoms with van der Waals surface area (Å²) in [5, 5.41) is 2.81. The Morgan fingerprint density at radius 3 is 2.58 bits per heavy atom. The van der Waals surface area contributed by atoms with Crippen molar-refractivity contribution in [1.29, 1.82) is 0 Å². The highest BCUT2D eigenvalue weighted by atomic mass is 19.1. The number of carbonyl (C=O) groups is 2. The van der Waals surface area contributed by atoms with E-state index < -0.39 is 11.9 Å². The average Bonchev–Trinajstić information content (AvgIpc) is 2.61. The second-order valence-corrected chi connectivity index (χ2v) is 6.19. The smallest absolute Gasteiger partial charge is 0.241 e. The average molecular weight is 358 g/mol. The molecule has 0 aliphatic carbocycles. The zero-order chi connectivity index (χ0) is 19.3. The van der Waals surface area contributed by atoms with Gasteiger partial charge in [0.05, 0.1) is 13.2 Å². The van der Waals surface area contributed by atoms with Gasteiger partial charge in [0.25, 0.3) is 0 Å². The van der Waals surface area contributed by atoms with Gasteiger partial charge < -0.3 is 10.1 Å². The summed E-state index contributed by atoms with van der Waals surface area (Å²) >= 11 is 0. The van der Waals surface area contributed by atoms with Gasteiger partial charge in [0.1, 0.15) is 0 Å². The second kappa shape index (κ2) is 8.58. The Hall–Kier alpha value is -2.73. The number of methoxy groups -OCH3 is 1. The van der Waals surface area contributed by atoms with Gasteiger partial charge in [-0.15, -0.1) is 0 Å². The monoisotopic (exact) mass is 358 g/mol. The van der Waals surface area contributed by atoms with Crippen molar-refractivity contribution in [1.82, 2.24) is 4.90 Å². The van der Waals surface area contributed by atoms with E-state index in [0.717, 1.165) is 5.56 Å². The molecule has 1 atom stereocenters. The lowest BCUT2D eigenvalue weighted by molar-refractivity contribution is -0.120. The first-order valence-electron chi connectivity index (χ1n) is 8.26. The molecule has 1 N–H and O–H groups in total. The molecule has 0 spiro atoms. The highest BCUT2D eigenvalue weighted by molar-refractivity contribution is 5.98. The molecule has 0 aromatic heterocycles. The quantitative estimate of drug-likeness (QED) is 0.770. The molecule has 0 fully saturated rings. The lowest BCUT2D eigenvalue weighted by atomic mass is 10.1. The van der Waals surface area contributed by atoms with Crippen LogP contribution in [0.3, 0.4) is 0 Å². The third kappa shape index (κ3) is 4.89. The fraction of sp³-hybridized carbons (Fsp3) is 0.300. The van der Waals surface area contributed by atoms with Crippen molar-refractivity contribution in [3.8, 4) is 5.75 Å². The van der Waals surface area contributed by atoms with Crippen molar-refractivity contribution in [3.63, 3.8) is 0 Å². The SMILES string of the molecule is COc1ccc(CN(C)[C@@H](C)C(=O)Nc2cccc(C(C)=O)c2)cc1F. The zero-order valence-corrected chi connectivity index (χ0v) is 15.4. The van der Waals surface area contributed by atoms with Crippen LogP contribution in [0.4, 0.5) is 10.1 Å². The Morgan fingerprint density at radius 2 is 1.96 bits per heavy atom. The van der Waals surface area contributed by atoms with E-state index in [9.17, 15) is 14.0 Å². The molecule has 0 aliphatic heterocycles. The summed E-state index contributed by atoms with van der Waals surface area (Å²) in [6, 6.07) is 11.1. The minimum absolute atomic E-state index is 0.0622. The van der Waals surface area contributed by atoms with Crippen molar-refractivity contribution >= 4 is 17.4 Å². The van der Waals surface area contributed by atoms with E-state index in [1.54, 1.807) is 50.4 Å². The Kier molecular flexibility index (Phi) is 6.46. The number of halogens is 1. The number of likely N-dealkylation sites (N-methyl/N-ethyl adjacent to an activating group) is 1. The zero-order valence-electron chi connectivity index (χ0n) is 15.4. The predicted molar refractivity (Wildman–Crippen MR) is 99.0 cm³/mol. The van der Waals surface area contributed by atoms with Crippen LogP contribution in [0.1, 0.15) is 29.8 Å². The van der Waals surface area contributed by atoms with Gasteiger partial charge in [-0.3, -0.25) is 14.5 Å². The van der Waals surface area contributed by atoms with Crippen LogP contribution in [-0.4, -0.2) is 36.8 Å². The van der Waals surface area contributed by atoms with Gasteiger partial charge in [0.15, 0.2) is 17.3 Å². The number of carbonyl (C=O) groups excluding carboxylic acids is 2. The number of rotatable bonds is 7. The molecule has 26 heavy (non-hydrogen) atoms. The minimum atomic E-state index is -0.443. The number of nitrogens with zero attached hydrogens (tertiary/aromatic N) is 1. The van der Waals surface area contributed by atoms with E-state index >= 15 is 0 Å². The first kappa shape index (κ1) is 19.6. The van der Waals surface area contributed by atoms with E-state index in [-0.39, 0.29) is 17.4 Å². The largest absolute Gasteiger partial charge is 0.494 e. The molecule has 0 saturated heterocycles. The fourth-order valence-electron chi connectivity index (χ4n) is 2.50. The number of nitrogens with one attached hydrogen (secondary N) is 1. The number of anilines is 1. The molecule has 0 saturated carbocycles. The number of amides is 1. The van der Waals surface area contributed by atoms with Crippen LogP contribution in [0, 0.1) is 5.82 Å². The van der Waals surface area contributed by atoms with Crippen LogP contribution in [0.25, 0.3) is 0 Å². The van der Waals surface area contributed by atoms with Crippen molar-refractivity contribution in [2.45, 2.75) is 26.4 Å². The van der Waals surface area contributed by atoms with Gasteiger partial charge in [-0.2, -0.15) is 0 Å². The van der Waals surface area contributed by atoms with Crippen molar-refractivity contribution < 1.29 is 18.7 Å². The second-order valence-electron chi connectivity index (χ2n) is 6.19. The number of hydrogen-bond acceptors (Lipinski definition) is 4. The maximum absolute atomic E-state index is 13.8. The molecule has 2 rings (SSSR count). The number of benzene rings is 2. The van der Waals surface area contributed by atoms with Gasteiger partial charge in [-0.05, 0) is 50.7 Å². The summed E-state index contributed by atoms with van der Waals surface area (Å²) in [5.74, 6) is -0.515. The highest BCUT2D eigenvalue weighted by Gasteiger charge is 2.19. The van der Waals surface area contributed by atoms with Gasteiger partial charge in [0, 0.05) is 17.8 Å². The van der Waals surface area contributed by atoms with Crippen LogP contribution in [0.2, 0.25) is 0 Å². The summed E-state index contributed by atoms with van der Waals surface area (Å²) in [6.45, 7) is 3.65. The number of hydrogen-bond donors (Lipinski definition) is 1. The lowest BCUT2D eigenvalue weighted by Gasteiger charge is -2.24. The highest BCUT2D eigenvalue weighted by Crippen LogP contribution is 2.19. The summed E-state index contributed by atoms with van der Waals surface area (Å²) in [5.41, 5.74) is 1.85. The maximum Gasteiger partial charge on any atom is 0.241 e. The molecule has 0 bridgehead atoms. The van der Waals surface area contributed by atoms with Crippen LogP contribution in [-0.2, 0) is 11.3 Å². The molecule has 2 aromatic rings. The van der Waals surface area contributed by atoms with Crippen LogP contribution in [0.5, 0.6) is 5.75 Å². The van der Waals surface area contributed by atoms with Crippen molar-refractivity contribution in [2.24, 2.45) is 0 Å². The first-order chi connectivity index (χ1) is 12.3. The molecule has 1 amide bonds. The Morgan fingerprint density at radius 1 is 1.23 bits per heavy atom.